The van der Waals surface area contributed by atoms with Gasteiger partial charge >= 0.3 is 0 Å². The maximum atomic E-state index is 12.3. The van der Waals surface area contributed by atoms with Crippen molar-refractivity contribution in [1.82, 2.24) is 14.7 Å². The van der Waals surface area contributed by atoms with Crippen molar-refractivity contribution in [1.29, 1.82) is 5.26 Å². The summed E-state index contributed by atoms with van der Waals surface area (Å²) in [6.07, 6.45) is 0.683. The van der Waals surface area contributed by atoms with Gasteiger partial charge in [0.2, 0.25) is 0 Å². The van der Waals surface area contributed by atoms with Crippen molar-refractivity contribution in [2.75, 3.05) is 20.2 Å². The third-order valence-corrected chi connectivity index (χ3v) is 5.44. The molecule has 3 rings (SSSR count). The molecule has 30 heavy (non-hydrogen) atoms. The molecule has 6 nitrogen and oxygen atoms in total. The van der Waals surface area contributed by atoms with Crippen molar-refractivity contribution in [3.05, 3.63) is 81.1 Å². The SMILES string of the molecule is Cc1nn(-c2ccc(C#N)c(Cl)c2)c(C)c1Cc1ccc(C(=O)N(C)CCO)cc1. The summed E-state index contributed by atoms with van der Waals surface area (Å²) >= 11 is 6.18. The largest absolute Gasteiger partial charge is 0.395 e. The second kappa shape index (κ2) is 9.12. The molecule has 1 aromatic heterocycles. The van der Waals surface area contributed by atoms with Crippen molar-refractivity contribution < 1.29 is 9.90 Å². The molecular weight excluding hydrogens is 400 g/mol. The number of hydrogen-bond donors (Lipinski definition) is 1. The summed E-state index contributed by atoms with van der Waals surface area (Å²) in [5.41, 5.74) is 5.91. The number of nitriles is 1. The van der Waals surface area contributed by atoms with E-state index in [1.54, 1.807) is 31.3 Å². The van der Waals surface area contributed by atoms with Gasteiger partial charge in [0, 0.05) is 36.8 Å². The summed E-state index contributed by atoms with van der Waals surface area (Å²) in [5.74, 6) is -0.117. The first-order valence-corrected chi connectivity index (χ1v) is 9.94. The molecule has 0 bridgehead atoms. The lowest BCUT2D eigenvalue weighted by atomic mass is 10.0. The fraction of sp³-hybridized carbons (Fsp3) is 0.261. The topological polar surface area (TPSA) is 82.2 Å². The van der Waals surface area contributed by atoms with Crippen LogP contribution in [0.4, 0.5) is 0 Å². The molecular formula is C23H23ClN4O2. The number of benzene rings is 2. The highest BCUT2D eigenvalue weighted by atomic mass is 35.5. The number of carbonyl (C=O) groups excluding carboxylic acids is 1. The lowest BCUT2D eigenvalue weighted by Crippen LogP contribution is -2.29. The number of aliphatic hydroxyl groups excluding tert-OH is 1. The predicted molar refractivity (Wildman–Crippen MR) is 116 cm³/mol. The minimum Gasteiger partial charge on any atom is -0.395 e. The van der Waals surface area contributed by atoms with Crippen molar-refractivity contribution in [2.45, 2.75) is 20.3 Å². The van der Waals surface area contributed by atoms with E-state index >= 15 is 0 Å². The van der Waals surface area contributed by atoms with Crippen LogP contribution in [0, 0.1) is 25.2 Å². The number of nitrogens with zero attached hydrogens (tertiary/aromatic N) is 4. The molecule has 0 unspecified atom stereocenters. The maximum absolute atomic E-state index is 12.3. The third kappa shape index (κ3) is 4.38. The van der Waals surface area contributed by atoms with Gasteiger partial charge in [-0.1, -0.05) is 23.7 Å². The summed E-state index contributed by atoms with van der Waals surface area (Å²) in [7, 11) is 1.67. The third-order valence-electron chi connectivity index (χ3n) is 5.12. The summed E-state index contributed by atoms with van der Waals surface area (Å²) < 4.78 is 1.83. The van der Waals surface area contributed by atoms with Crippen molar-refractivity contribution in [3.8, 4) is 11.8 Å². The Balaban J connectivity index is 1.84. The van der Waals surface area contributed by atoms with E-state index in [1.807, 2.05) is 36.7 Å². The molecule has 0 aliphatic heterocycles. The quantitative estimate of drug-likeness (QED) is 0.657. The average molecular weight is 423 g/mol. The Kier molecular flexibility index (Phi) is 6.56. The zero-order valence-corrected chi connectivity index (χ0v) is 17.9. The second-order valence-electron chi connectivity index (χ2n) is 7.16. The second-order valence-corrected chi connectivity index (χ2v) is 7.57. The molecule has 3 aromatic rings. The number of amides is 1. The van der Waals surface area contributed by atoms with E-state index in [9.17, 15) is 4.79 Å². The molecule has 1 amide bonds. The Morgan fingerprint density at radius 1 is 1.23 bits per heavy atom. The number of carbonyl (C=O) groups is 1. The van der Waals surface area contributed by atoms with E-state index < -0.39 is 0 Å². The minimum absolute atomic E-state index is 0.0622. The molecule has 0 fully saturated rings. The van der Waals surface area contributed by atoms with Crippen LogP contribution in [0.1, 0.15) is 38.4 Å². The monoisotopic (exact) mass is 422 g/mol. The van der Waals surface area contributed by atoms with Crippen molar-refractivity contribution in [2.24, 2.45) is 0 Å². The molecule has 0 spiro atoms. The van der Waals surface area contributed by atoms with E-state index in [1.165, 1.54) is 4.90 Å². The fourth-order valence-electron chi connectivity index (χ4n) is 3.35. The fourth-order valence-corrected chi connectivity index (χ4v) is 3.57. The Morgan fingerprint density at radius 2 is 1.93 bits per heavy atom. The number of aliphatic hydroxyl groups is 1. The number of likely N-dealkylation sites (N-methyl/N-ethyl adjacent to an activating group) is 1. The van der Waals surface area contributed by atoms with Gasteiger partial charge in [-0.3, -0.25) is 4.79 Å². The normalized spacial score (nSPS) is 10.7. The van der Waals surface area contributed by atoms with Gasteiger partial charge in [-0.2, -0.15) is 10.4 Å². The van der Waals surface area contributed by atoms with Crippen LogP contribution < -0.4 is 0 Å². The molecule has 0 radical (unpaired) electrons. The standard InChI is InChI=1S/C23H23ClN4O2/c1-15-21(12-17-4-6-18(7-5-17)23(30)27(3)10-11-29)16(2)28(26-15)20-9-8-19(14-25)22(24)13-20/h4-9,13,29H,10-12H2,1-3H3. The highest BCUT2D eigenvalue weighted by Gasteiger charge is 2.15. The highest BCUT2D eigenvalue weighted by molar-refractivity contribution is 6.31. The molecule has 7 heteroatoms. The molecule has 2 aromatic carbocycles. The van der Waals surface area contributed by atoms with Crippen LogP contribution in [0.2, 0.25) is 5.02 Å². The Bertz CT molecular complexity index is 1110. The number of rotatable bonds is 6. The van der Waals surface area contributed by atoms with Gasteiger partial charge in [-0.15, -0.1) is 0 Å². The van der Waals surface area contributed by atoms with Crippen LogP contribution in [0.5, 0.6) is 0 Å². The molecule has 1 heterocycles. The van der Waals surface area contributed by atoms with E-state index in [0.29, 0.717) is 29.1 Å². The van der Waals surface area contributed by atoms with E-state index in [2.05, 4.69) is 11.2 Å². The molecule has 0 aliphatic carbocycles. The first-order chi connectivity index (χ1) is 14.3. The summed E-state index contributed by atoms with van der Waals surface area (Å²) in [4.78, 5) is 13.8. The maximum Gasteiger partial charge on any atom is 0.253 e. The van der Waals surface area contributed by atoms with Crippen LogP contribution in [0.25, 0.3) is 5.69 Å². The summed E-state index contributed by atoms with van der Waals surface area (Å²) in [6.45, 7) is 4.21. The van der Waals surface area contributed by atoms with Gasteiger partial charge in [0.15, 0.2) is 0 Å². The number of aromatic nitrogens is 2. The van der Waals surface area contributed by atoms with Gasteiger partial charge in [0.25, 0.3) is 5.91 Å². The van der Waals surface area contributed by atoms with Gasteiger partial charge in [-0.05, 0) is 49.7 Å². The van der Waals surface area contributed by atoms with Gasteiger partial charge in [0.05, 0.1) is 28.6 Å². The molecule has 0 atom stereocenters. The number of hydrogen-bond acceptors (Lipinski definition) is 4. The molecule has 154 valence electrons. The highest BCUT2D eigenvalue weighted by Crippen LogP contribution is 2.24. The Hall–Kier alpha value is -3.14. The smallest absolute Gasteiger partial charge is 0.253 e. The minimum atomic E-state index is -0.117. The first-order valence-electron chi connectivity index (χ1n) is 9.56. The summed E-state index contributed by atoms with van der Waals surface area (Å²) in [5, 5.41) is 23.1. The van der Waals surface area contributed by atoms with Crippen LogP contribution in [0.15, 0.2) is 42.5 Å². The van der Waals surface area contributed by atoms with Crippen LogP contribution in [-0.2, 0) is 6.42 Å². The zero-order chi connectivity index (χ0) is 21.8. The molecule has 1 N–H and O–H groups in total. The lowest BCUT2D eigenvalue weighted by molar-refractivity contribution is 0.0767. The van der Waals surface area contributed by atoms with Crippen LogP contribution in [-0.4, -0.2) is 45.9 Å². The Labute approximate surface area is 180 Å². The zero-order valence-electron chi connectivity index (χ0n) is 17.2. The number of aryl methyl sites for hydroxylation is 1. The molecule has 0 aliphatic rings. The van der Waals surface area contributed by atoms with Crippen molar-refractivity contribution >= 4 is 17.5 Å². The van der Waals surface area contributed by atoms with Gasteiger partial charge < -0.3 is 10.0 Å². The first kappa shape index (κ1) is 21.6. The van der Waals surface area contributed by atoms with Gasteiger partial charge in [0.1, 0.15) is 6.07 Å². The number of halogens is 1. The van der Waals surface area contributed by atoms with E-state index in [0.717, 1.165) is 28.2 Å². The summed E-state index contributed by atoms with van der Waals surface area (Å²) in [6, 6.07) is 14.8. The lowest BCUT2D eigenvalue weighted by Gasteiger charge is -2.15. The van der Waals surface area contributed by atoms with Crippen LogP contribution in [0.3, 0.4) is 0 Å². The van der Waals surface area contributed by atoms with Crippen LogP contribution >= 0.6 is 11.6 Å². The predicted octanol–water partition coefficient (Wildman–Crippen LogP) is 3.67. The average Bonchev–Trinajstić information content (AvgIpc) is 3.02. The molecule has 0 saturated carbocycles. The van der Waals surface area contributed by atoms with E-state index in [4.69, 9.17) is 22.0 Å². The van der Waals surface area contributed by atoms with Crippen molar-refractivity contribution in [3.63, 3.8) is 0 Å². The van der Waals surface area contributed by atoms with Gasteiger partial charge in [-0.25, -0.2) is 4.68 Å². The molecule has 0 saturated heterocycles. The Morgan fingerprint density at radius 3 is 2.53 bits per heavy atom. The van der Waals surface area contributed by atoms with E-state index in [-0.39, 0.29) is 12.5 Å².